The van der Waals surface area contributed by atoms with Gasteiger partial charge in [0.05, 0.1) is 6.61 Å². The van der Waals surface area contributed by atoms with Crippen molar-refractivity contribution < 1.29 is 14.3 Å². The molecular formula is C8H6N2O3. The molecule has 1 unspecified atom stereocenters. The molecule has 5 heteroatoms. The Hall–Kier alpha value is -1.62. The van der Waals surface area contributed by atoms with Gasteiger partial charge < -0.3 is 4.74 Å². The van der Waals surface area contributed by atoms with E-state index in [1.165, 1.54) is 12.3 Å². The van der Waals surface area contributed by atoms with Gasteiger partial charge in [-0.15, -0.1) is 0 Å². The molecule has 0 aliphatic carbocycles. The Labute approximate surface area is 73.8 Å². The topological polar surface area (TPSA) is 72.5 Å². The van der Waals surface area contributed by atoms with E-state index in [-0.39, 0.29) is 23.4 Å². The molecule has 0 aromatic carbocycles. The predicted molar refractivity (Wildman–Crippen MR) is 41.5 cm³/mol. The number of ether oxygens (including phenoxy) is 1. The summed E-state index contributed by atoms with van der Waals surface area (Å²) in [6, 6.07) is 1.47. The SMILES string of the molecule is O=Cc1nccc(C(=O)C2CO2)n1. The van der Waals surface area contributed by atoms with Gasteiger partial charge in [0, 0.05) is 6.20 Å². The first-order valence-corrected chi connectivity index (χ1v) is 3.75. The van der Waals surface area contributed by atoms with E-state index in [4.69, 9.17) is 4.74 Å². The summed E-state index contributed by atoms with van der Waals surface area (Å²) in [5.74, 6) is -0.169. The molecule has 1 atom stereocenters. The number of nitrogens with zero attached hydrogens (tertiary/aromatic N) is 2. The summed E-state index contributed by atoms with van der Waals surface area (Å²) in [5.41, 5.74) is 0.236. The van der Waals surface area contributed by atoms with E-state index >= 15 is 0 Å². The lowest BCUT2D eigenvalue weighted by Gasteiger charge is -1.95. The zero-order chi connectivity index (χ0) is 9.26. The van der Waals surface area contributed by atoms with Crippen molar-refractivity contribution in [1.29, 1.82) is 0 Å². The molecule has 0 bridgehead atoms. The number of carbonyl (C=O) groups excluding carboxylic acids is 2. The van der Waals surface area contributed by atoms with E-state index in [1.54, 1.807) is 0 Å². The molecule has 13 heavy (non-hydrogen) atoms. The number of Topliss-reactive ketones (excluding diaryl/α,β-unsaturated/α-hetero) is 1. The summed E-state index contributed by atoms with van der Waals surface area (Å²) in [4.78, 5) is 29.0. The Morgan fingerprint density at radius 1 is 1.69 bits per heavy atom. The summed E-state index contributed by atoms with van der Waals surface area (Å²) in [6.45, 7) is 0.444. The van der Waals surface area contributed by atoms with E-state index in [0.717, 1.165) is 0 Å². The minimum Gasteiger partial charge on any atom is -0.364 e. The maximum Gasteiger partial charge on any atom is 0.212 e. The van der Waals surface area contributed by atoms with Crippen LogP contribution >= 0.6 is 0 Å². The van der Waals surface area contributed by atoms with Crippen molar-refractivity contribution in [3.8, 4) is 0 Å². The van der Waals surface area contributed by atoms with Crippen molar-refractivity contribution in [2.24, 2.45) is 0 Å². The normalized spacial score (nSPS) is 19.5. The molecule has 0 spiro atoms. The van der Waals surface area contributed by atoms with Gasteiger partial charge in [-0.3, -0.25) is 9.59 Å². The number of ketones is 1. The molecule has 5 nitrogen and oxygen atoms in total. The van der Waals surface area contributed by atoms with Crippen LogP contribution in [0.5, 0.6) is 0 Å². The van der Waals surface area contributed by atoms with E-state index in [1.807, 2.05) is 0 Å². The zero-order valence-corrected chi connectivity index (χ0v) is 6.64. The number of epoxide rings is 1. The maximum absolute atomic E-state index is 11.3. The fourth-order valence-corrected chi connectivity index (χ4v) is 0.932. The quantitative estimate of drug-likeness (QED) is 0.366. The summed E-state index contributed by atoms with van der Waals surface area (Å²) < 4.78 is 4.80. The second-order valence-corrected chi connectivity index (χ2v) is 2.60. The molecule has 1 aromatic heterocycles. The first-order chi connectivity index (χ1) is 6.31. The predicted octanol–water partition coefficient (Wildman–Crippen LogP) is -0.129. The number of carbonyl (C=O) groups is 2. The highest BCUT2D eigenvalue weighted by Crippen LogP contribution is 2.14. The van der Waals surface area contributed by atoms with Gasteiger partial charge in [-0.2, -0.15) is 0 Å². The van der Waals surface area contributed by atoms with Crippen LogP contribution in [0.4, 0.5) is 0 Å². The molecule has 2 heterocycles. The summed E-state index contributed by atoms with van der Waals surface area (Å²) in [5, 5.41) is 0. The van der Waals surface area contributed by atoms with Crippen LogP contribution in [0.1, 0.15) is 21.1 Å². The number of hydrogen-bond acceptors (Lipinski definition) is 5. The molecule has 1 saturated heterocycles. The van der Waals surface area contributed by atoms with Crippen LogP contribution in [0.3, 0.4) is 0 Å². The minimum absolute atomic E-state index is 0.0199. The third kappa shape index (κ3) is 1.59. The van der Waals surface area contributed by atoms with Gasteiger partial charge in [0.2, 0.25) is 5.78 Å². The van der Waals surface area contributed by atoms with Gasteiger partial charge in [0.15, 0.2) is 12.1 Å². The molecular weight excluding hydrogens is 172 g/mol. The maximum atomic E-state index is 11.3. The largest absolute Gasteiger partial charge is 0.364 e. The molecule has 0 N–H and O–H groups in total. The third-order valence-electron chi connectivity index (χ3n) is 1.66. The van der Waals surface area contributed by atoms with Crippen LogP contribution in [0.15, 0.2) is 12.3 Å². The Bertz CT molecular complexity index is 360. The van der Waals surface area contributed by atoms with E-state index in [2.05, 4.69) is 9.97 Å². The average Bonchev–Trinajstić information content (AvgIpc) is 3.00. The number of rotatable bonds is 3. The molecule has 0 radical (unpaired) electrons. The lowest BCUT2D eigenvalue weighted by atomic mass is 10.2. The third-order valence-corrected chi connectivity index (χ3v) is 1.66. The summed E-state index contributed by atoms with van der Waals surface area (Å²) >= 11 is 0. The van der Waals surface area contributed by atoms with Gasteiger partial charge in [0.1, 0.15) is 11.8 Å². The minimum atomic E-state index is -0.366. The fourth-order valence-electron chi connectivity index (χ4n) is 0.932. The molecule has 1 aliphatic heterocycles. The number of hydrogen-bond donors (Lipinski definition) is 0. The highest BCUT2D eigenvalue weighted by atomic mass is 16.6. The highest BCUT2D eigenvalue weighted by Gasteiger charge is 2.32. The zero-order valence-electron chi connectivity index (χ0n) is 6.64. The fraction of sp³-hybridized carbons (Fsp3) is 0.250. The Morgan fingerprint density at radius 3 is 3.08 bits per heavy atom. The van der Waals surface area contributed by atoms with Crippen LogP contribution in [0.2, 0.25) is 0 Å². The molecule has 0 saturated carbocycles. The van der Waals surface area contributed by atoms with Crippen LogP contribution in [-0.2, 0) is 4.74 Å². The van der Waals surface area contributed by atoms with E-state index < -0.39 is 0 Å². The van der Waals surface area contributed by atoms with E-state index in [9.17, 15) is 9.59 Å². The first kappa shape index (κ1) is 8.00. The van der Waals surface area contributed by atoms with Crippen molar-refractivity contribution in [2.75, 3.05) is 6.61 Å². The van der Waals surface area contributed by atoms with Gasteiger partial charge in [0.25, 0.3) is 0 Å². The van der Waals surface area contributed by atoms with Gasteiger partial charge in [-0.05, 0) is 6.07 Å². The van der Waals surface area contributed by atoms with E-state index in [0.29, 0.717) is 12.9 Å². The average molecular weight is 178 g/mol. The van der Waals surface area contributed by atoms with Crippen molar-refractivity contribution in [2.45, 2.75) is 6.10 Å². The van der Waals surface area contributed by atoms with Crippen molar-refractivity contribution in [3.63, 3.8) is 0 Å². The highest BCUT2D eigenvalue weighted by molar-refractivity contribution is 5.99. The van der Waals surface area contributed by atoms with Gasteiger partial charge in [-0.25, -0.2) is 9.97 Å². The van der Waals surface area contributed by atoms with Crippen LogP contribution in [-0.4, -0.2) is 34.7 Å². The second-order valence-electron chi connectivity index (χ2n) is 2.60. The van der Waals surface area contributed by atoms with Crippen molar-refractivity contribution >= 4 is 12.1 Å². The first-order valence-electron chi connectivity index (χ1n) is 3.75. The Morgan fingerprint density at radius 2 is 2.46 bits per heavy atom. The lowest BCUT2D eigenvalue weighted by Crippen LogP contribution is -2.11. The van der Waals surface area contributed by atoms with Crippen molar-refractivity contribution in [1.82, 2.24) is 9.97 Å². The smallest absolute Gasteiger partial charge is 0.212 e. The molecule has 1 fully saturated rings. The monoisotopic (exact) mass is 178 g/mol. The number of aldehydes is 1. The molecule has 2 rings (SSSR count). The van der Waals surface area contributed by atoms with Crippen molar-refractivity contribution in [3.05, 3.63) is 23.8 Å². The second kappa shape index (κ2) is 3.02. The molecule has 0 amide bonds. The molecule has 1 aliphatic rings. The van der Waals surface area contributed by atoms with Gasteiger partial charge >= 0.3 is 0 Å². The number of aromatic nitrogens is 2. The van der Waals surface area contributed by atoms with Gasteiger partial charge in [-0.1, -0.05) is 0 Å². The lowest BCUT2D eigenvalue weighted by molar-refractivity contribution is 0.0948. The molecule has 1 aromatic rings. The van der Waals surface area contributed by atoms with Crippen LogP contribution in [0, 0.1) is 0 Å². The Kier molecular flexibility index (Phi) is 1.86. The van der Waals surface area contributed by atoms with Crippen LogP contribution < -0.4 is 0 Å². The molecule has 66 valence electrons. The van der Waals surface area contributed by atoms with Crippen LogP contribution in [0.25, 0.3) is 0 Å². The Balaban J connectivity index is 2.28. The standard InChI is InChI=1S/C8H6N2O3/c11-3-7-9-2-1-5(10-7)8(12)6-4-13-6/h1-3,6H,4H2. The summed E-state index contributed by atoms with van der Waals surface area (Å²) in [7, 11) is 0. The summed E-state index contributed by atoms with van der Waals surface area (Å²) in [6.07, 6.45) is 1.52.